The van der Waals surface area contributed by atoms with Crippen LogP contribution in [0.2, 0.25) is 0 Å². The lowest BCUT2D eigenvalue weighted by Gasteiger charge is -2.35. The van der Waals surface area contributed by atoms with Gasteiger partial charge in [-0.25, -0.2) is 9.18 Å². The molecule has 21 heavy (non-hydrogen) atoms. The molecule has 1 amide bonds. The first-order valence-corrected chi connectivity index (χ1v) is 6.82. The van der Waals surface area contributed by atoms with E-state index in [2.05, 4.69) is 0 Å². The van der Waals surface area contributed by atoms with Gasteiger partial charge in [0.25, 0.3) is 5.91 Å². The van der Waals surface area contributed by atoms with Gasteiger partial charge in [-0.2, -0.15) is 0 Å². The number of amides is 1. The van der Waals surface area contributed by atoms with Crippen LogP contribution in [0.25, 0.3) is 0 Å². The molecule has 1 fully saturated rings. The van der Waals surface area contributed by atoms with Crippen molar-refractivity contribution >= 4 is 11.9 Å². The Morgan fingerprint density at radius 1 is 1.29 bits per heavy atom. The van der Waals surface area contributed by atoms with E-state index in [9.17, 15) is 14.0 Å². The monoisotopic (exact) mass is 295 g/mol. The van der Waals surface area contributed by atoms with Gasteiger partial charge in [0.15, 0.2) is 6.61 Å². The summed E-state index contributed by atoms with van der Waals surface area (Å²) in [6, 6.07) is 5.51. The lowest BCUT2D eigenvalue weighted by Crippen LogP contribution is -2.49. The van der Waals surface area contributed by atoms with E-state index in [4.69, 9.17) is 9.47 Å². The zero-order valence-corrected chi connectivity index (χ0v) is 12.0. The summed E-state index contributed by atoms with van der Waals surface area (Å²) in [4.78, 5) is 25.3. The topological polar surface area (TPSA) is 55.8 Å². The molecule has 0 spiro atoms. The van der Waals surface area contributed by atoms with E-state index in [0.29, 0.717) is 13.1 Å². The fourth-order valence-electron chi connectivity index (χ4n) is 2.30. The van der Waals surface area contributed by atoms with Crippen LogP contribution >= 0.6 is 0 Å². The third-order valence-electron chi connectivity index (χ3n) is 3.19. The molecule has 114 valence electrons. The molecule has 0 N–H and O–H groups in total. The maximum absolute atomic E-state index is 13.4. The number of nitrogens with zero attached hydrogens (tertiary/aromatic N) is 1. The van der Waals surface area contributed by atoms with Crippen LogP contribution in [0.3, 0.4) is 0 Å². The molecule has 6 heteroatoms. The van der Waals surface area contributed by atoms with Gasteiger partial charge in [-0.05, 0) is 26.0 Å². The highest BCUT2D eigenvalue weighted by molar-refractivity contribution is 5.91. The van der Waals surface area contributed by atoms with Crippen molar-refractivity contribution in [1.29, 1.82) is 0 Å². The molecule has 1 aromatic rings. The SMILES string of the molecule is CC1CN(C(=O)COC(=O)c2ccccc2F)CC(C)O1. The summed E-state index contributed by atoms with van der Waals surface area (Å²) >= 11 is 0. The first-order valence-electron chi connectivity index (χ1n) is 6.82. The highest BCUT2D eigenvalue weighted by atomic mass is 19.1. The Morgan fingerprint density at radius 3 is 2.52 bits per heavy atom. The van der Waals surface area contributed by atoms with Crippen molar-refractivity contribution in [2.75, 3.05) is 19.7 Å². The molecule has 2 unspecified atom stereocenters. The molecule has 0 aromatic heterocycles. The van der Waals surface area contributed by atoms with Crippen LogP contribution in [0.1, 0.15) is 24.2 Å². The number of rotatable bonds is 3. The number of ether oxygens (including phenoxy) is 2. The zero-order chi connectivity index (χ0) is 15.4. The van der Waals surface area contributed by atoms with Gasteiger partial charge in [0.2, 0.25) is 0 Å². The average Bonchev–Trinajstić information content (AvgIpc) is 2.43. The van der Waals surface area contributed by atoms with Gasteiger partial charge in [0, 0.05) is 13.1 Å². The number of hydrogen-bond donors (Lipinski definition) is 0. The van der Waals surface area contributed by atoms with E-state index < -0.39 is 18.4 Å². The Kier molecular flexibility index (Phi) is 4.90. The van der Waals surface area contributed by atoms with Crippen LogP contribution in [-0.4, -0.2) is 48.7 Å². The minimum absolute atomic E-state index is 0.0556. The molecule has 0 bridgehead atoms. The van der Waals surface area contributed by atoms with Crippen LogP contribution < -0.4 is 0 Å². The summed E-state index contributed by atoms with van der Waals surface area (Å²) in [5.74, 6) is -1.80. The molecule has 5 nitrogen and oxygen atoms in total. The first kappa shape index (κ1) is 15.4. The Bertz CT molecular complexity index is 524. The van der Waals surface area contributed by atoms with Gasteiger partial charge in [-0.1, -0.05) is 12.1 Å². The van der Waals surface area contributed by atoms with Crippen LogP contribution in [0.4, 0.5) is 4.39 Å². The van der Waals surface area contributed by atoms with E-state index >= 15 is 0 Å². The van der Waals surface area contributed by atoms with Crippen molar-refractivity contribution in [3.05, 3.63) is 35.6 Å². The Hall–Kier alpha value is -1.95. The van der Waals surface area contributed by atoms with Gasteiger partial charge in [-0.3, -0.25) is 4.79 Å². The van der Waals surface area contributed by atoms with E-state index in [1.54, 1.807) is 4.90 Å². The lowest BCUT2D eigenvalue weighted by molar-refractivity contribution is -0.146. The summed E-state index contributed by atoms with van der Waals surface area (Å²) < 4.78 is 23.8. The zero-order valence-electron chi connectivity index (χ0n) is 12.0. The maximum Gasteiger partial charge on any atom is 0.341 e. The largest absolute Gasteiger partial charge is 0.452 e. The van der Waals surface area contributed by atoms with E-state index in [1.165, 1.54) is 24.3 Å². The maximum atomic E-state index is 13.4. The van der Waals surface area contributed by atoms with Gasteiger partial charge in [0.1, 0.15) is 5.82 Å². The van der Waals surface area contributed by atoms with Gasteiger partial charge < -0.3 is 14.4 Å². The summed E-state index contributed by atoms with van der Waals surface area (Å²) in [5, 5.41) is 0. The van der Waals surface area contributed by atoms with E-state index in [1.807, 2.05) is 13.8 Å². The molecular weight excluding hydrogens is 277 g/mol. The van der Waals surface area contributed by atoms with Crippen LogP contribution in [0.5, 0.6) is 0 Å². The van der Waals surface area contributed by atoms with Crippen molar-refractivity contribution in [2.24, 2.45) is 0 Å². The van der Waals surface area contributed by atoms with E-state index in [-0.39, 0.29) is 23.7 Å². The van der Waals surface area contributed by atoms with Crippen molar-refractivity contribution in [2.45, 2.75) is 26.1 Å². The molecule has 0 saturated carbocycles. The molecule has 1 saturated heterocycles. The van der Waals surface area contributed by atoms with Crippen molar-refractivity contribution in [3.8, 4) is 0 Å². The summed E-state index contributed by atoms with van der Waals surface area (Å²) in [5.41, 5.74) is -0.172. The van der Waals surface area contributed by atoms with Crippen molar-refractivity contribution < 1.29 is 23.5 Å². The number of carbonyl (C=O) groups excluding carboxylic acids is 2. The van der Waals surface area contributed by atoms with Crippen LogP contribution in [-0.2, 0) is 14.3 Å². The number of benzene rings is 1. The Balaban J connectivity index is 1.89. The predicted octanol–water partition coefficient (Wildman–Crippen LogP) is 1.62. The average molecular weight is 295 g/mol. The van der Waals surface area contributed by atoms with Gasteiger partial charge in [0.05, 0.1) is 17.8 Å². The molecule has 0 radical (unpaired) electrons. The standard InChI is InChI=1S/C15H18FNO4/c1-10-7-17(8-11(2)21-10)14(18)9-20-15(19)12-5-3-4-6-13(12)16/h3-6,10-11H,7-9H2,1-2H3. The molecule has 2 rings (SSSR count). The minimum atomic E-state index is -0.837. The number of morpholine rings is 1. The lowest BCUT2D eigenvalue weighted by atomic mass is 10.2. The van der Waals surface area contributed by atoms with Gasteiger partial charge >= 0.3 is 5.97 Å². The minimum Gasteiger partial charge on any atom is -0.452 e. The van der Waals surface area contributed by atoms with Crippen LogP contribution in [0, 0.1) is 5.82 Å². The smallest absolute Gasteiger partial charge is 0.341 e. The highest BCUT2D eigenvalue weighted by Crippen LogP contribution is 2.12. The third-order valence-corrected chi connectivity index (χ3v) is 3.19. The summed E-state index contributed by atoms with van der Waals surface area (Å²) in [6.45, 7) is 4.27. The molecule has 2 atom stereocenters. The normalized spacial score (nSPS) is 22.0. The summed E-state index contributed by atoms with van der Waals surface area (Å²) in [6.07, 6.45) is -0.111. The Morgan fingerprint density at radius 2 is 1.90 bits per heavy atom. The summed E-state index contributed by atoms with van der Waals surface area (Å²) in [7, 11) is 0. The number of halogens is 1. The molecule has 1 aromatic carbocycles. The predicted molar refractivity (Wildman–Crippen MR) is 73.3 cm³/mol. The van der Waals surface area contributed by atoms with Crippen molar-refractivity contribution in [1.82, 2.24) is 4.90 Å². The number of hydrogen-bond acceptors (Lipinski definition) is 4. The number of carbonyl (C=O) groups is 2. The van der Waals surface area contributed by atoms with Gasteiger partial charge in [-0.15, -0.1) is 0 Å². The van der Waals surface area contributed by atoms with Crippen LogP contribution in [0.15, 0.2) is 24.3 Å². The second-order valence-corrected chi connectivity index (χ2v) is 5.11. The fourth-order valence-corrected chi connectivity index (χ4v) is 2.30. The van der Waals surface area contributed by atoms with Crippen molar-refractivity contribution in [3.63, 3.8) is 0 Å². The highest BCUT2D eigenvalue weighted by Gasteiger charge is 2.26. The number of esters is 1. The second-order valence-electron chi connectivity index (χ2n) is 5.11. The molecule has 1 heterocycles. The first-order chi connectivity index (χ1) is 9.97. The molecular formula is C15H18FNO4. The quantitative estimate of drug-likeness (QED) is 0.795. The van der Waals surface area contributed by atoms with E-state index in [0.717, 1.165) is 0 Å². The third kappa shape index (κ3) is 4.01. The second kappa shape index (κ2) is 6.67. The molecule has 1 aliphatic rings. The molecule has 1 aliphatic heterocycles. The molecule has 0 aliphatic carbocycles. The Labute approximate surface area is 122 Å². The fraction of sp³-hybridized carbons (Fsp3) is 0.467.